The van der Waals surface area contributed by atoms with Crippen LogP contribution in [0.5, 0.6) is 0 Å². The van der Waals surface area contributed by atoms with Crippen molar-refractivity contribution in [3.8, 4) is 0 Å². The largest absolute Gasteiger partial charge is 0.368 e. The Hall–Kier alpha value is -2.74. The first-order valence-corrected chi connectivity index (χ1v) is 9.26. The van der Waals surface area contributed by atoms with E-state index in [2.05, 4.69) is 25.2 Å². The Labute approximate surface area is 154 Å². The molecule has 8 heteroatoms. The van der Waals surface area contributed by atoms with Crippen LogP contribution in [0.3, 0.4) is 0 Å². The molecule has 1 atom stereocenters. The molecule has 6 nitrogen and oxygen atoms in total. The quantitative estimate of drug-likeness (QED) is 0.721. The summed E-state index contributed by atoms with van der Waals surface area (Å²) in [4.78, 5) is 16.3. The summed E-state index contributed by atoms with van der Waals surface area (Å²) in [5.74, 6) is 1.37. The fourth-order valence-electron chi connectivity index (χ4n) is 3.26. The Morgan fingerprint density at radius 3 is 2.81 bits per heavy atom. The topological polar surface area (TPSA) is 80.0 Å². The third-order valence-electron chi connectivity index (χ3n) is 4.39. The van der Waals surface area contributed by atoms with Crippen LogP contribution < -0.4 is 16.0 Å². The molecular formula is C18H19FN6S. The molecule has 1 aliphatic heterocycles. The molecule has 1 unspecified atom stereocenters. The smallest absolute Gasteiger partial charge is 0.223 e. The van der Waals surface area contributed by atoms with Gasteiger partial charge in [-0.3, -0.25) is 0 Å². The van der Waals surface area contributed by atoms with Gasteiger partial charge >= 0.3 is 0 Å². The SMILES string of the molecule is Cc1cnc(Nc2cc(N3CCCC3c3ccc(F)cc3)nc(N)n2)s1. The van der Waals surface area contributed by atoms with Crippen LogP contribution >= 0.6 is 11.3 Å². The number of aromatic nitrogens is 3. The van der Waals surface area contributed by atoms with Crippen molar-refractivity contribution in [1.82, 2.24) is 15.0 Å². The van der Waals surface area contributed by atoms with Crippen LogP contribution in [-0.2, 0) is 0 Å². The standard InChI is InChI=1S/C18H19FN6S/c1-11-10-21-18(26-11)23-15-9-16(24-17(20)22-15)25-8-2-3-14(25)12-4-6-13(19)7-5-12/h4-7,9-10,14H,2-3,8H2,1H3,(H3,20,21,22,23,24). The Morgan fingerprint density at radius 1 is 1.27 bits per heavy atom. The zero-order valence-electron chi connectivity index (χ0n) is 14.3. The Morgan fingerprint density at radius 2 is 2.08 bits per heavy atom. The lowest BCUT2D eigenvalue weighted by molar-refractivity contribution is 0.624. The number of aryl methyl sites for hydroxylation is 1. The lowest BCUT2D eigenvalue weighted by atomic mass is 10.0. The molecule has 3 N–H and O–H groups in total. The lowest BCUT2D eigenvalue weighted by Crippen LogP contribution is -2.24. The molecule has 1 saturated heterocycles. The molecular weight excluding hydrogens is 351 g/mol. The first kappa shape index (κ1) is 16.7. The van der Waals surface area contributed by atoms with Gasteiger partial charge in [0.05, 0.1) is 6.04 Å². The second kappa shape index (κ2) is 6.87. The number of halogens is 1. The average molecular weight is 370 g/mol. The number of nitrogens with zero attached hydrogens (tertiary/aromatic N) is 4. The van der Waals surface area contributed by atoms with Gasteiger partial charge in [0.15, 0.2) is 5.13 Å². The maximum Gasteiger partial charge on any atom is 0.223 e. The normalized spacial score (nSPS) is 16.8. The summed E-state index contributed by atoms with van der Waals surface area (Å²) in [6.45, 7) is 2.87. The monoisotopic (exact) mass is 370 g/mol. The molecule has 1 aromatic carbocycles. The van der Waals surface area contributed by atoms with E-state index >= 15 is 0 Å². The van der Waals surface area contributed by atoms with Crippen molar-refractivity contribution in [2.45, 2.75) is 25.8 Å². The third-order valence-corrected chi connectivity index (χ3v) is 5.22. The molecule has 1 aliphatic rings. The maximum absolute atomic E-state index is 13.2. The van der Waals surface area contributed by atoms with E-state index < -0.39 is 0 Å². The van der Waals surface area contributed by atoms with Crippen LogP contribution in [0.1, 0.15) is 29.3 Å². The van der Waals surface area contributed by atoms with E-state index in [0.29, 0.717) is 5.82 Å². The van der Waals surface area contributed by atoms with Gasteiger partial charge in [-0.05, 0) is 37.5 Å². The van der Waals surface area contributed by atoms with Crippen molar-refractivity contribution >= 4 is 34.1 Å². The number of hydrogen-bond acceptors (Lipinski definition) is 7. The average Bonchev–Trinajstić information content (AvgIpc) is 3.24. The zero-order chi connectivity index (χ0) is 18.1. The van der Waals surface area contributed by atoms with Crippen LogP contribution in [0.25, 0.3) is 0 Å². The fourth-order valence-corrected chi connectivity index (χ4v) is 3.93. The molecule has 2 aromatic heterocycles. The molecule has 0 radical (unpaired) electrons. The second-order valence-electron chi connectivity index (χ2n) is 6.27. The van der Waals surface area contributed by atoms with Gasteiger partial charge in [0.2, 0.25) is 5.95 Å². The summed E-state index contributed by atoms with van der Waals surface area (Å²) in [7, 11) is 0. The fraction of sp³-hybridized carbons (Fsp3) is 0.278. The Kier molecular flexibility index (Phi) is 4.42. The van der Waals surface area contributed by atoms with Gasteiger partial charge < -0.3 is 16.0 Å². The molecule has 0 saturated carbocycles. The number of benzene rings is 1. The summed E-state index contributed by atoms with van der Waals surface area (Å²) < 4.78 is 13.2. The van der Waals surface area contributed by atoms with Gasteiger partial charge in [-0.15, -0.1) is 11.3 Å². The molecule has 3 heterocycles. The number of rotatable bonds is 4. The number of hydrogen-bond donors (Lipinski definition) is 2. The maximum atomic E-state index is 13.2. The van der Waals surface area contributed by atoms with Crippen molar-refractivity contribution in [2.75, 3.05) is 22.5 Å². The van der Waals surface area contributed by atoms with Crippen LogP contribution in [0.4, 0.5) is 27.1 Å². The predicted octanol–water partition coefficient (Wildman–Crippen LogP) is 4.05. The van der Waals surface area contributed by atoms with Crippen LogP contribution in [0, 0.1) is 12.7 Å². The van der Waals surface area contributed by atoms with Crippen molar-refractivity contribution in [1.29, 1.82) is 0 Å². The van der Waals surface area contributed by atoms with E-state index in [1.807, 2.05) is 31.3 Å². The summed E-state index contributed by atoms with van der Waals surface area (Å²) in [6, 6.07) is 8.70. The summed E-state index contributed by atoms with van der Waals surface area (Å²) in [5.41, 5.74) is 7.01. The second-order valence-corrected chi connectivity index (χ2v) is 7.51. The van der Waals surface area contributed by atoms with Crippen LogP contribution in [-0.4, -0.2) is 21.5 Å². The van der Waals surface area contributed by atoms with Crippen molar-refractivity contribution in [2.24, 2.45) is 0 Å². The highest BCUT2D eigenvalue weighted by Gasteiger charge is 2.27. The van der Waals surface area contributed by atoms with Gasteiger partial charge in [0.1, 0.15) is 17.5 Å². The highest BCUT2D eigenvalue weighted by molar-refractivity contribution is 7.15. The number of nitrogens with two attached hydrogens (primary N) is 1. The Balaban J connectivity index is 1.62. The van der Waals surface area contributed by atoms with E-state index in [1.54, 1.807) is 11.3 Å². The van der Waals surface area contributed by atoms with Gasteiger partial charge in [-0.2, -0.15) is 9.97 Å². The minimum absolute atomic E-state index is 0.153. The lowest BCUT2D eigenvalue weighted by Gasteiger charge is -2.26. The molecule has 0 spiro atoms. The number of nitrogens with one attached hydrogen (secondary N) is 1. The first-order chi connectivity index (χ1) is 12.6. The minimum atomic E-state index is -0.227. The molecule has 0 amide bonds. The molecule has 4 rings (SSSR count). The molecule has 26 heavy (non-hydrogen) atoms. The van der Waals surface area contributed by atoms with Crippen LogP contribution in [0.2, 0.25) is 0 Å². The number of thiazole rings is 1. The predicted molar refractivity (Wildman–Crippen MR) is 102 cm³/mol. The molecule has 3 aromatic rings. The van der Waals surface area contributed by atoms with Gasteiger partial charge in [-0.25, -0.2) is 9.37 Å². The Bertz CT molecular complexity index is 910. The van der Waals surface area contributed by atoms with Crippen molar-refractivity contribution < 1.29 is 4.39 Å². The zero-order valence-corrected chi connectivity index (χ0v) is 15.1. The molecule has 0 aliphatic carbocycles. The summed E-state index contributed by atoms with van der Waals surface area (Å²) >= 11 is 1.55. The van der Waals surface area contributed by atoms with E-state index in [1.165, 1.54) is 12.1 Å². The molecule has 134 valence electrons. The summed E-state index contributed by atoms with van der Waals surface area (Å²) in [6.07, 6.45) is 3.84. The molecule has 1 fully saturated rings. The highest BCUT2D eigenvalue weighted by Crippen LogP contribution is 2.36. The van der Waals surface area contributed by atoms with E-state index in [0.717, 1.165) is 40.8 Å². The van der Waals surface area contributed by atoms with E-state index in [9.17, 15) is 4.39 Å². The van der Waals surface area contributed by atoms with Crippen molar-refractivity contribution in [3.05, 3.63) is 52.8 Å². The van der Waals surface area contributed by atoms with Gasteiger partial charge in [0.25, 0.3) is 0 Å². The molecule has 0 bridgehead atoms. The van der Waals surface area contributed by atoms with Gasteiger partial charge in [-0.1, -0.05) is 12.1 Å². The van der Waals surface area contributed by atoms with Crippen LogP contribution in [0.15, 0.2) is 36.5 Å². The van der Waals surface area contributed by atoms with Gasteiger partial charge in [0, 0.05) is 23.7 Å². The number of anilines is 4. The number of nitrogen functional groups attached to an aromatic ring is 1. The van der Waals surface area contributed by atoms with E-state index in [-0.39, 0.29) is 17.8 Å². The summed E-state index contributed by atoms with van der Waals surface area (Å²) in [5, 5.41) is 3.96. The van der Waals surface area contributed by atoms with E-state index in [4.69, 9.17) is 5.73 Å². The first-order valence-electron chi connectivity index (χ1n) is 8.44. The van der Waals surface area contributed by atoms with Crippen molar-refractivity contribution in [3.63, 3.8) is 0 Å². The third kappa shape index (κ3) is 3.45. The minimum Gasteiger partial charge on any atom is -0.368 e. The highest BCUT2D eigenvalue weighted by atomic mass is 32.1.